The van der Waals surface area contributed by atoms with Crippen molar-refractivity contribution >= 4 is 0 Å². The van der Waals surface area contributed by atoms with Gasteiger partial charge in [0, 0.05) is 12.6 Å². The molecule has 0 amide bonds. The maximum atomic E-state index is 9.84. The van der Waals surface area contributed by atoms with Gasteiger partial charge in [0.15, 0.2) is 0 Å². The molecule has 1 saturated carbocycles. The first kappa shape index (κ1) is 14.0. The van der Waals surface area contributed by atoms with Gasteiger partial charge in [-0.3, -0.25) is 0 Å². The van der Waals surface area contributed by atoms with Crippen LogP contribution in [0.15, 0.2) is 0 Å². The summed E-state index contributed by atoms with van der Waals surface area (Å²) in [6.45, 7) is 11.4. The van der Waals surface area contributed by atoms with E-state index in [1.54, 1.807) is 0 Å². The Hall–Kier alpha value is -0.0800. The molecule has 3 unspecified atom stereocenters. The molecule has 0 aliphatic heterocycles. The molecule has 0 spiro atoms. The molecule has 0 aromatic carbocycles. The smallest absolute Gasteiger partial charge is 0.0555 e. The summed E-state index contributed by atoms with van der Waals surface area (Å²) in [5.41, 5.74) is 0. The average molecular weight is 227 g/mol. The Kier molecular flexibility index (Phi) is 5.77. The molecule has 1 aliphatic carbocycles. The maximum absolute atomic E-state index is 9.84. The molecule has 1 fully saturated rings. The first-order chi connectivity index (χ1) is 7.58. The summed E-state index contributed by atoms with van der Waals surface area (Å²) >= 11 is 0. The van der Waals surface area contributed by atoms with Crippen LogP contribution >= 0.6 is 0 Å². The lowest BCUT2D eigenvalue weighted by molar-refractivity contribution is 0.0229. The summed E-state index contributed by atoms with van der Waals surface area (Å²) in [7, 11) is 0. The van der Waals surface area contributed by atoms with E-state index in [1.807, 2.05) is 0 Å². The summed E-state index contributed by atoms with van der Waals surface area (Å²) in [6, 6.07) is 0.612. The number of nitrogens with zero attached hydrogens (tertiary/aromatic N) is 1. The molecule has 0 saturated heterocycles. The summed E-state index contributed by atoms with van der Waals surface area (Å²) < 4.78 is 0. The highest BCUT2D eigenvalue weighted by atomic mass is 16.3. The minimum atomic E-state index is -0.0611. The van der Waals surface area contributed by atoms with Crippen molar-refractivity contribution in [3.8, 4) is 0 Å². The normalized spacial score (nSPS) is 31.3. The van der Waals surface area contributed by atoms with Gasteiger partial charge in [0.25, 0.3) is 0 Å². The monoisotopic (exact) mass is 227 g/mol. The van der Waals surface area contributed by atoms with Crippen LogP contribution < -0.4 is 0 Å². The van der Waals surface area contributed by atoms with E-state index in [2.05, 4.69) is 32.6 Å². The van der Waals surface area contributed by atoms with Crippen LogP contribution in [0.1, 0.15) is 53.4 Å². The Balaban J connectivity index is 2.63. The van der Waals surface area contributed by atoms with Crippen LogP contribution in [-0.4, -0.2) is 35.2 Å². The molecule has 1 N–H and O–H groups in total. The number of rotatable bonds is 5. The Labute approximate surface area is 101 Å². The minimum absolute atomic E-state index is 0.0611. The van der Waals surface area contributed by atoms with E-state index in [0.717, 1.165) is 31.2 Å². The quantitative estimate of drug-likeness (QED) is 0.780. The molecule has 0 heterocycles. The zero-order valence-corrected chi connectivity index (χ0v) is 11.4. The fraction of sp³-hybridized carbons (Fsp3) is 1.00. The predicted octanol–water partition coefficient (Wildman–Crippen LogP) is 2.90. The van der Waals surface area contributed by atoms with Gasteiger partial charge < -0.3 is 10.0 Å². The van der Waals surface area contributed by atoms with Crippen LogP contribution in [0.4, 0.5) is 0 Å². The van der Waals surface area contributed by atoms with Gasteiger partial charge in [0.2, 0.25) is 0 Å². The van der Waals surface area contributed by atoms with Crippen molar-refractivity contribution in [3.05, 3.63) is 0 Å². The van der Waals surface area contributed by atoms with Crippen molar-refractivity contribution in [2.75, 3.05) is 13.1 Å². The molecule has 3 atom stereocenters. The molecular weight excluding hydrogens is 198 g/mol. The second-order valence-corrected chi connectivity index (χ2v) is 5.68. The summed E-state index contributed by atoms with van der Waals surface area (Å²) in [4.78, 5) is 2.58. The molecule has 0 bridgehead atoms. The molecule has 0 radical (unpaired) electrons. The lowest BCUT2D eigenvalue weighted by Crippen LogP contribution is -2.46. The molecule has 2 heteroatoms. The number of aliphatic hydroxyl groups excluding tert-OH is 1. The SMILES string of the molecule is CCC1CCC(O)CC1N(CC)CC(C)C. The van der Waals surface area contributed by atoms with Crippen molar-refractivity contribution in [1.29, 1.82) is 0 Å². The van der Waals surface area contributed by atoms with Crippen molar-refractivity contribution in [2.24, 2.45) is 11.8 Å². The Bertz CT molecular complexity index is 193. The van der Waals surface area contributed by atoms with E-state index in [4.69, 9.17) is 0 Å². The molecule has 96 valence electrons. The van der Waals surface area contributed by atoms with Gasteiger partial charge in [0.1, 0.15) is 0 Å². The van der Waals surface area contributed by atoms with E-state index in [1.165, 1.54) is 19.4 Å². The van der Waals surface area contributed by atoms with Gasteiger partial charge in [-0.1, -0.05) is 34.1 Å². The van der Waals surface area contributed by atoms with Gasteiger partial charge in [-0.25, -0.2) is 0 Å². The maximum Gasteiger partial charge on any atom is 0.0555 e. The van der Waals surface area contributed by atoms with Crippen LogP contribution in [0.3, 0.4) is 0 Å². The Morgan fingerprint density at radius 2 is 1.94 bits per heavy atom. The minimum Gasteiger partial charge on any atom is -0.393 e. The van der Waals surface area contributed by atoms with Crippen molar-refractivity contribution < 1.29 is 5.11 Å². The number of hydrogen-bond donors (Lipinski definition) is 1. The molecule has 1 aliphatic rings. The van der Waals surface area contributed by atoms with Crippen LogP contribution in [0, 0.1) is 11.8 Å². The van der Waals surface area contributed by atoms with E-state index in [-0.39, 0.29) is 6.10 Å². The summed E-state index contributed by atoms with van der Waals surface area (Å²) in [5, 5.41) is 9.84. The van der Waals surface area contributed by atoms with Crippen molar-refractivity contribution in [3.63, 3.8) is 0 Å². The topological polar surface area (TPSA) is 23.5 Å². The standard InChI is InChI=1S/C14H29NO/c1-5-12-7-8-13(16)9-14(12)15(6-2)10-11(3)4/h11-14,16H,5-10H2,1-4H3. The van der Waals surface area contributed by atoms with E-state index < -0.39 is 0 Å². The third kappa shape index (κ3) is 3.74. The zero-order valence-electron chi connectivity index (χ0n) is 11.4. The third-order valence-corrected chi connectivity index (χ3v) is 3.93. The van der Waals surface area contributed by atoms with Gasteiger partial charge in [-0.15, -0.1) is 0 Å². The highest BCUT2D eigenvalue weighted by Crippen LogP contribution is 2.31. The highest BCUT2D eigenvalue weighted by molar-refractivity contribution is 4.86. The van der Waals surface area contributed by atoms with Gasteiger partial charge >= 0.3 is 0 Å². The van der Waals surface area contributed by atoms with Gasteiger partial charge in [0.05, 0.1) is 6.10 Å². The Morgan fingerprint density at radius 3 is 2.44 bits per heavy atom. The summed E-state index contributed by atoms with van der Waals surface area (Å²) in [5.74, 6) is 1.51. The van der Waals surface area contributed by atoms with E-state index in [0.29, 0.717) is 6.04 Å². The van der Waals surface area contributed by atoms with Crippen LogP contribution in [0.5, 0.6) is 0 Å². The number of aliphatic hydroxyl groups is 1. The molecule has 0 aromatic rings. The fourth-order valence-corrected chi connectivity index (χ4v) is 3.08. The molecule has 1 rings (SSSR count). The average Bonchev–Trinajstić information content (AvgIpc) is 2.25. The number of hydrogen-bond acceptors (Lipinski definition) is 2. The molecular formula is C14H29NO. The predicted molar refractivity (Wildman–Crippen MR) is 69.5 cm³/mol. The lowest BCUT2D eigenvalue weighted by Gasteiger charge is -2.41. The van der Waals surface area contributed by atoms with Gasteiger partial charge in [-0.2, -0.15) is 0 Å². The fourth-order valence-electron chi connectivity index (χ4n) is 3.08. The van der Waals surface area contributed by atoms with Crippen molar-refractivity contribution in [1.82, 2.24) is 4.90 Å². The largest absolute Gasteiger partial charge is 0.393 e. The summed E-state index contributed by atoms with van der Waals surface area (Å²) in [6.07, 6.45) is 4.39. The van der Waals surface area contributed by atoms with Crippen molar-refractivity contribution in [2.45, 2.75) is 65.5 Å². The second kappa shape index (κ2) is 6.61. The zero-order chi connectivity index (χ0) is 12.1. The van der Waals surface area contributed by atoms with Gasteiger partial charge in [-0.05, 0) is 37.6 Å². The highest BCUT2D eigenvalue weighted by Gasteiger charge is 2.32. The lowest BCUT2D eigenvalue weighted by atomic mass is 9.80. The van der Waals surface area contributed by atoms with Crippen LogP contribution in [0.25, 0.3) is 0 Å². The third-order valence-electron chi connectivity index (χ3n) is 3.93. The molecule has 0 aromatic heterocycles. The first-order valence-electron chi connectivity index (χ1n) is 7.00. The van der Waals surface area contributed by atoms with Crippen LogP contribution in [0.2, 0.25) is 0 Å². The van der Waals surface area contributed by atoms with Crippen LogP contribution in [-0.2, 0) is 0 Å². The van der Waals surface area contributed by atoms with E-state index >= 15 is 0 Å². The Morgan fingerprint density at radius 1 is 1.25 bits per heavy atom. The molecule has 2 nitrogen and oxygen atoms in total. The van der Waals surface area contributed by atoms with E-state index in [9.17, 15) is 5.11 Å². The second-order valence-electron chi connectivity index (χ2n) is 5.68. The first-order valence-corrected chi connectivity index (χ1v) is 7.00. The molecule has 16 heavy (non-hydrogen) atoms.